The number of carbonyl (C=O) groups excluding carboxylic acids is 2. The number of thioether (sulfide) groups is 1. The number of benzene rings is 2. The molecule has 1 aliphatic rings. The van der Waals surface area contributed by atoms with Gasteiger partial charge in [-0.3, -0.25) is 9.59 Å². The van der Waals surface area contributed by atoms with Gasteiger partial charge >= 0.3 is 6.18 Å². The van der Waals surface area contributed by atoms with E-state index >= 15 is 0 Å². The van der Waals surface area contributed by atoms with E-state index in [0.29, 0.717) is 21.9 Å². The minimum Gasteiger partial charge on any atom is -0.352 e. The molecule has 3 unspecified atom stereocenters. The molecule has 0 aliphatic carbocycles. The fraction of sp³-hybridized carbons (Fsp3) is 0.364. The molecule has 1 saturated heterocycles. The molecule has 3 rings (SSSR count). The number of halogens is 4. The van der Waals surface area contributed by atoms with Gasteiger partial charge in [-0.05, 0) is 55.3 Å². The van der Waals surface area contributed by atoms with Crippen LogP contribution in [0.1, 0.15) is 47.1 Å². The molecular weight excluding hydrogens is 449 g/mol. The molecule has 166 valence electrons. The summed E-state index contributed by atoms with van der Waals surface area (Å²) in [5.74, 6) is -0.317. The summed E-state index contributed by atoms with van der Waals surface area (Å²) in [4.78, 5) is 27.7. The summed E-state index contributed by atoms with van der Waals surface area (Å²) in [7, 11) is 0. The highest BCUT2D eigenvalue weighted by Gasteiger charge is 2.43. The fourth-order valence-electron chi connectivity index (χ4n) is 3.23. The minimum absolute atomic E-state index is 0.0601. The summed E-state index contributed by atoms with van der Waals surface area (Å²) in [6.45, 7) is 3.81. The van der Waals surface area contributed by atoms with Crippen LogP contribution in [0.15, 0.2) is 48.5 Å². The van der Waals surface area contributed by atoms with E-state index in [1.807, 2.05) is 13.8 Å². The van der Waals surface area contributed by atoms with Crippen molar-refractivity contribution in [1.82, 2.24) is 10.2 Å². The molecule has 1 N–H and O–H groups in total. The SMILES string of the molecule is CCC(C)NC(=O)C1CSC(c2ccc(C(F)(F)F)cc2)N1C(=O)c1ccc(Cl)cc1. The first-order valence-corrected chi connectivity index (χ1v) is 11.2. The number of hydrogen-bond donors (Lipinski definition) is 1. The zero-order valence-electron chi connectivity index (χ0n) is 16.9. The lowest BCUT2D eigenvalue weighted by molar-refractivity contribution is -0.137. The predicted molar refractivity (Wildman–Crippen MR) is 116 cm³/mol. The third kappa shape index (κ3) is 5.36. The smallest absolute Gasteiger partial charge is 0.352 e. The first-order valence-electron chi connectivity index (χ1n) is 9.79. The van der Waals surface area contributed by atoms with Crippen molar-refractivity contribution >= 4 is 35.2 Å². The zero-order valence-corrected chi connectivity index (χ0v) is 18.5. The lowest BCUT2D eigenvalue weighted by Crippen LogP contribution is -2.49. The van der Waals surface area contributed by atoms with Crippen LogP contribution < -0.4 is 5.32 Å². The van der Waals surface area contributed by atoms with Crippen LogP contribution in [0.5, 0.6) is 0 Å². The van der Waals surface area contributed by atoms with Gasteiger partial charge in [0.05, 0.1) is 5.56 Å². The largest absolute Gasteiger partial charge is 0.416 e. The molecule has 3 atom stereocenters. The molecule has 2 aromatic rings. The van der Waals surface area contributed by atoms with E-state index in [1.54, 1.807) is 24.3 Å². The number of hydrogen-bond acceptors (Lipinski definition) is 3. The number of alkyl halides is 3. The van der Waals surface area contributed by atoms with E-state index in [1.165, 1.54) is 28.8 Å². The molecule has 0 spiro atoms. The van der Waals surface area contributed by atoms with Crippen molar-refractivity contribution in [2.24, 2.45) is 0 Å². The molecule has 1 heterocycles. The van der Waals surface area contributed by atoms with Crippen molar-refractivity contribution in [2.75, 3.05) is 5.75 Å². The minimum atomic E-state index is -4.45. The maximum absolute atomic E-state index is 13.3. The van der Waals surface area contributed by atoms with Crippen molar-refractivity contribution in [3.8, 4) is 0 Å². The van der Waals surface area contributed by atoms with Crippen molar-refractivity contribution in [3.63, 3.8) is 0 Å². The van der Waals surface area contributed by atoms with Crippen molar-refractivity contribution in [3.05, 3.63) is 70.2 Å². The zero-order chi connectivity index (χ0) is 22.8. The van der Waals surface area contributed by atoms with E-state index < -0.39 is 23.2 Å². The Morgan fingerprint density at radius 1 is 1.16 bits per heavy atom. The first-order chi connectivity index (χ1) is 14.6. The van der Waals surface area contributed by atoms with Crippen LogP contribution in [0.4, 0.5) is 13.2 Å². The highest BCUT2D eigenvalue weighted by Crippen LogP contribution is 2.43. The van der Waals surface area contributed by atoms with Crippen molar-refractivity contribution < 1.29 is 22.8 Å². The Bertz CT molecular complexity index is 935. The Kier molecular flexibility index (Phi) is 7.21. The molecule has 0 radical (unpaired) electrons. The van der Waals surface area contributed by atoms with E-state index in [-0.39, 0.29) is 17.9 Å². The molecule has 0 saturated carbocycles. The summed E-state index contributed by atoms with van der Waals surface area (Å²) in [6, 6.07) is 10.2. The molecule has 9 heteroatoms. The molecule has 4 nitrogen and oxygen atoms in total. The highest BCUT2D eigenvalue weighted by atomic mass is 35.5. The average Bonchev–Trinajstić information content (AvgIpc) is 3.18. The van der Waals surface area contributed by atoms with Crippen LogP contribution in [0.3, 0.4) is 0 Å². The van der Waals surface area contributed by atoms with Gasteiger partial charge < -0.3 is 10.2 Å². The van der Waals surface area contributed by atoms with Gasteiger partial charge in [0.1, 0.15) is 11.4 Å². The van der Waals surface area contributed by atoms with E-state index in [0.717, 1.165) is 18.6 Å². The molecule has 2 amide bonds. The van der Waals surface area contributed by atoms with E-state index in [4.69, 9.17) is 11.6 Å². The second kappa shape index (κ2) is 9.53. The summed E-state index contributed by atoms with van der Waals surface area (Å²) in [5, 5.41) is 2.79. The monoisotopic (exact) mass is 470 g/mol. The summed E-state index contributed by atoms with van der Waals surface area (Å²) in [5.41, 5.74) is 0.116. The number of amides is 2. The number of carbonyl (C=O) groups is 2. The van der Waals surface area contributed by atoms with Gasteiger partial charge in [0.15, 0.2) is 0 Å². The lowest BCUT2D eigenvalue weighted by Gasteiger charge is -2.30. The third-order valence-electron chi connectivity index (χ3n) is 5.15. The molecule has 0 aromatic heterocycles. The second-order valence-corrected chi connectivity index (χ2v) is 8.91. The van der Waals surface area contributed by atoms with Gasteiger partial charge in [0.2, 0.25) is 5.91 Å². The molecule has 2 aromatic carbocycles. The number of nitrogens with one attached hydrogen (secondary N) is 1. The van der Waals surface area contributed by atoms with Gasteiger partial charge in [-0.1, -0.05) is 30.7 Å². The average molecular weight is 471 g/mol. The van der Waals surface area contributed by atoms with Gasteiger partial charge in [0, 0.05) is 22.4 Å². The molecular formula is C22H22ClF3N2O2S. The third-order valence-corrected chi connectivity index (χ3v) is 6.73. The second-order valence-electron chi connectivity index (χ2n) is 7.36. The van der Waals surface area contributed by atoms with E-state index in [2.05, 4.69) is 5.32 Å². The Morgan fingerprint density at radius 2 is 1.77 bits per heavy atom. The van der Waals surface area contributed by atoms with Crippen LogP contribution in [0.2, 0.25) is 5.02 Å². The maximum Gasteiger partial charge on any atom is 0.416 e. The molecule has 0 bridgehead atoms. The van der Waals surface area contributed by atoms with E-state index in [9.17, 15) is 22.8 Å². The Morgan fingerprint density at radius 3 is 2.32 bits per heavy atom. The normalized spacial score (nSPS) is 19.9. The van der Waals surface area contributed by atoms with Crippen LogP contribution in [-0.4, -0.2) is 34.6 Å². The van der Waals surface area contributed by atoms with Crippen LogP contribution >= 0.6 is 23.4 Å². The topological polar surface area (TPSA) is 49.4 Å². The molecule has 1 aliphatic heterocycles. The van der Waals surface area contributed by atoms with Crippen LogP contribution in [0.25, 0.3) is 0 Å². The molecule has 1 fully saturated rings. The summed E-state index contributed by atoms with van der Waals surface area (Å²) in [6.07, 6.45) is -3.71. The quantitative estimate of drug-likeness (QED) is 0.625. The van der Waals surface area contributed by atoms with Gasteiger partial charge in [-0.15, -0.1) is 11.8 Å². The predicted octanol–water partition coefficient (Wildman–Crippen LogP) is 5.53. The maximum atomic E-state index is 13.3. The summed E-state index contributed by atoms with van der Waals surface area (Å²) < 4.78 is 38.8. The fourth-order valence-corrected chi connectivity index (χ4v) is 4.79. The lowest BCUT2D eigenvalue weighted by atomic mass is 10.1. The Balaban J connectivity index is 1.94. The Labute approximate surface area is 188 Å². The van der Waals surface area contributed by atoms with Crippen molar-refractivity contribution in [2.45, 2.75) is 43.9 Å². The van der Waals surface area contributed by atoms with Crippen LogP contribution in [0, 0.1) is 0 Å². The number of rotatable bonds is 5. The van der Waals surface area contributed by atoms with Crippen molar-refractivity contribution in [1.29, 1.82) is 0 Å². The van der Waals surface area contributed by atoms with Crippen LogP contribution in [-0.2, 0) is 11.0 Å². The van der Waals surface area contributed by atoms with Gasteiger partial charge in [-0.25, -0.2) is 0 Å². The Hall–Kier alpha value is -2.19. The van der Waals surface area contributed by atoms with Gasteiger partial charge in [0.25, 0.3) is 5.91 Å². The molecule has 31 heavy (non-hydrogen) atoms. The highest BCUT2D eigenvalue weighted by molar-refractivity contribution is 7.99. The standard InChI is InChI=1S/C22H22ClF3N2O2S/c1-3-13(2)27-19(29)18-12-31-21(15-4-8-16(9-5-15)22(24,25)26)28(18)20(30)14-6-10-17(23)11-7-14/h4-11,13,18,21H,3,12H2,1-2H3,(H,27,29). The van der Waals surface area contributed by atoms with Gasteiger partial charge in [-0.2, -0.15) is 13.2 Å². The first kappa shape index (κ1) is 23.5. The summed E-state index contributed by atoms with van der Waals surface area (Å²) >= 11 is 7.27. The number of nitrogens with zero attached hydrogens (tertiary/aromatic N) is 1.